The van der Waals surface area contributed by atoms with Crippen LogP contribution in [-0.2, 0) is 9.53 Å². The second-order valence-corrected chi connectivity index (χ2v) is 1.84. The fourth-order valence-corrected chi connectivity index (χ4v) is 0.632. The van der Waals surface area contributed by atoms with Gasteiger partial charge in [-0.05, 0) is 12.2 Å². The van der Waals surface area contributed by atoms with E-state index < -0.39 is 12.0 Å². The first kappa shape index (κ1) is 6.67. The Hall–Kier alpha value is -1.45. The summed E-state index contributed by atoms with van der Waals surface area (Å²) in [6.07, 6.45) is 3.13. The molecule has 1 atom stereocenters. The predicted octanol–water partition coefficient (Wildman–Crippen LogP) is -0.174. The SMILES string of the molecule is NC(=O)C1OC=CC=C1O. The van der Waals surface area contributed by atoms with E-state index in [-0.39, 0.29) is 5.76 Å². The molecule has 0 saturated heterocycles. The van der Waals surface area contributed by atoms with Gasteiger partial charge in [0.25, 0.3) is 5.91 Å². The first-order valence-electron chi connectivity index (χ1n) is 2.72. The lowest BCUT2D eigenvalue weighted by molar-refractivity contribution is -0.126. The number of aliphatic hydroxyl groups is 1. The number of nitrogens with two attached hydrogens (primary N) is 1. The second-order valence-electron chi connectivity index (χ2n) is 1.84. The average molecular weight is 141 g/mol. The molecule has 0 bridgehead atoms. The topological polar surface area (TPSA) is 72.6 Å². The molecule has 4 heteroatoms. The summed E-state index contributed by atoms with van der Waals surface area (Å²) >= 11 is 0. The minimum Gasteiger partial charge on any atom is -0.508 e. The lowest BCUT2D eigenvalue weighted by Crippen LogP contribution is -2.32. The van der Waals surface area contributed by atoms with Gasteiger partial charge in [0, 0.05) is 0 Å². The van der Waals surface area contributed by atoms with Crippen LogP contribution in [0.4, 0.5) is 0 Å². The van der Waals surface area contributed by atoms with Crippen LogP contribution in [0.5, 0.6) is 0 Å². The highest BCUT2D eigenvalue weighted by atomic mass is 16.5. The summed E-state index contributed by atoms with van der Waals surface area (Å²) in [6, 6.07) is 0. The fourth-order valence-electron chi connectivity index (χ4n) is 0.632. The predicted molar refractivity (Wildman–Crippen MR) is 33.9 cm³/mol. The minimum absolute atomic E-state index is 0.157. The molecule has 4 nitrogen and oxygen atoms in total. The molecule has 3 N–H and O–H groups in total. The summed E-state index contributed by atoms with van der Waals surface area (Å²) in [7, 11) is 0. The smallest absolute Gasteiger partial charge is 0.266 e. The van der Waals surface area contributed by atoms with Gasteiger partial charge in [0.1, 0.15) is 5.76 Å². The maximum absolute atomic E-state index is 10.4. The van der Waals surface area contributed by atoms with E-state index >= 15 is 0 Å². The van der Waals surface area contributed by atoms with E-state index in [9.17, 15) is 4.79 Å². The quantitative estimate of drug-likeness (QED) is 0.532. The fraction of sp³-hybridized carbons (Fsp3) is 0.167. The zero-order valence-electron chi connectivity index (χ0n) is 5.15. The number of rotatable bonds is 1. The monoisotopic (exact) mass is 141 g/mol. The number of amides is 1. The lowest BCUT2D eigenvalue weighted by atomic mass is 10.2. The molecule has 1 amide bonds. The van der Waals surface area contributed by atoms with Crippen molar-refractivity contribution in [1.29, 1.82) is 0 Å². The van der Waals surface area contributed by atoms with Crippen LogP contribution in [0.3, 0.4) is 0 Å². The Kier molecular flexibility index (Phi) is 1.62. The first-order chi connectivity index (χ1) is 4.72. The van der Waals surface area contributed by atoms with Crippen LogP contribution >= 0.6 is 0 Å². The van der Waals surface area contributed by atoms with Gasteiger partial charge in [-0.15, -0.1) is 0 Å². The zero-order valence-corrected chi connectivity index (χ0v) is 5.15. The van der Waals surface area contributed by atoms with Crippen LogP contribution in [0.15, 0.2) is 24.2 Å². The number of hydrogen-bond donors (Lipinski definition) is 2. The Morgan fingerprint density at radius 2 is 2.50 bits per heavy atom. The van der Waals surface area contributed by atoms with Gasteiger partial charge in [-0.3, -0.25) is 4.79 Å². The minimum atomic E-state index is -1.01. The molecular weight excluding hydrogens is 134 g/mol. The molecule has 0 aromatic rings. The molecule has 1 unspecified atom stereocenters. The van der Waals surface area contributed by atoms with E-state index in [1.165, 1.54) is 18.4 Å². The Labute approximate surface area is 57.6 Å². The van der Waals surface area contributed by atoms with Gasteiger partial charge in [0.15, 0.2) is 0 Å². The molecule has 10 heavy (non-hydrogen) atoms. The summed E-state index contributed by atoms with van der Waals surface area (Å²) < 4.78 is 4.68. The normalized spacial score (nSPS) is 23.2. The van der Waals surface area contributed by atoms with Crippen molar-refractivity contribution in [3.63, 3.8) is 0 Å². The van der Waals surface area contributed by atoms with Gasteiger partial charge in [0.2, 0.25) is 6.10 Å². The molecule has 0 aromatic heterocycles. The molecule has 0 saturated carbocycles. The standard InChI is InChI=1S/C6H7NO3/c7-6(9)5-4(8)2-1-3-10-5/h1-3,5,8H,(H2,7,9). The summed E-state index contributed by atoms with van der Waals surface area (Å²) in [5.74, 6) is -0.854. The van der Waals surface area contributed by atoms with Crippen LogP contribution in [0.2, 0.25) is 0 Å². The molecule has 54 valence electrons. The highest BCUT2D eigenvalue weighted by Crippen LogP contribution is 2.08. The third kappa shape index (κ3) is 1.10. The number of carbonyl (C=O) groups is 1. The van der Waals surface area contributed by atoms with Crippen LogP contribution in [0.25, 0.3) is 0 Å². The van der Waals surface area contributed by atoms with Gasteiger partial charge in [-0.2, -0.15) is 0 Å². The van der Waals surface area contributed by atoms with Crippen molar-refractivity contribution >= 4 is 5.91 Å². The molecule has 1 aliphatic rings. The Morgan fingerprint density at radius 3 is 2.90 bits per heavy atom. The third-order valence-corrected chi connectivity index (χ3v) is 1.09. The van der Waals surface area contributed by atoms with Gasteiger partial charge < -0.3 is 15.6 Å². The van der Waals surface area contributed by atoms with E-state index in [2.05, 4.69) is 4.74 Å². The summed E-state index contributed by atoms with van der Waals surface area (Å²) in [5.41, 5.74) is 4.86. The highest BCUT2D eigenvalue weighted by Gasteiger charge is 2.21. The second kappa shape index (κ2) is 2.43. The van der Waals surface area contributed by atoms with Crippen LogP contribution < -0.4 is 5.73 Å². The van der Waals surface area contributed by atoms with E-state index in [0.717, 1.165) is 0 Å². The van der Waals surface area contributed by atoms with Crippen molar-refractivity contribution in [1.82, 2.24) is 0 Å². The Morgan fingerprint density at radius 1 is 1.80 bits per heavy atom. The number of primary amides is 1. The summed E-state index contributed by atoms with van der Waals surface area (Å²) in [4.78, 5) is 10.4. The average Bonchev–Trinajstić information content (AvgIpc) is 1.88. The number of hydrogen-bond acceptors (Lipinski definition) is 3. The van der Waals surface area contributed by atoms with Crippen molar-refractivity contribution in [3.8, 4) is 0 Å². The largest absolute Gasteiger partial charge is 0.508 e. The van der Waals surface area contributed by atoms with Gasteiger partial charge in [-0.1, -0.05) is 0 Å². The van der Waals surface area contributed by atoms with Crippen molar-refractivity contribution in [2.24, 2.45) is 5.73 Å². The Bertz CT molecular complexity index is 207. The molecule has 1 aliphatic heterocycles. The van der Waals surface area contributed by atoms with Crippen LogP contribution in [0, 0.1) is 0 Å². The van der Waals surface area contributed by atoms with Gasteiger partial charge in [-0.25, -0.2) is 0 Å². The third-order valence-electron chi connectivity index (χ3n) is 1.09. The first-order valence-corrected chi connectivity index (χ1v) is 2.72. The number of carbonyl (C=O) groups excluding carboxylic acids is 1. The molecule has 0 aromatic carbocycles. The van der Waals surface area contributed by atoms with Crippen molar-refractivity contribution in [3.05, 3.63) is 24.2 Å². The van der Waals surface area contributed by atoms with Crippen molar-refractivity contribution in [2.75, 3.05) is 0 Å². The number of allylic oxidation sites excluding steroid dienone is 2. The zero-order chi connectivity index (χ0) is 7.56. The maximum Gasteiger partial charge on any atom is 0.266 e. The lowest BCUT2D eigenvalue weighted by Gasteiger charge is -2.13. The molecule has 0 aliphatic carbocycles. The van der Waals surface area contributed by atoms with Crippen molar-refractivity contribution in [2.45, 2.75) is 6.10 Å². The molecule has 1 rings (SSSR count). The van der Waals surface area contributed by atoms with E-state index in [1.807, 2.05) is 0 Å². The van der Waals surface area contributed by atoms with Crippen LogP contribution in [-0.4, -0.2) is 17.1 Å². The van der Waals surface area contributed by atoms with Crippen molar-refractivity contribution < 1.29 is 14.6 Å². The summed E-state index contributed by atoms with van der Waals surface area (Å²) in [5, 5.41) is 8.92. The highest BCUT2D eigenvalue weighted by molar-refractivity contribution is 5.81. The van der Waals surface area contributed by atoms with Gasteiger partial charge in [0.05, 0.1) is 6.26 Å². The number of aliphatic hydroxyl groups excluding tert-OH is 1. The molecular formula is C6H7NO3. The van der Waals surface area contributed by atoms with E-state index in [1.54, 1.807) is 0 Å². The molecule has 0 spiro atoms. The maximum atomic E-state index is 10.4. The molecule has 1 heterocycles. The Balaban J connectivity index is 2.73. The van der Waals surface area contributed by atoms with E-state index in [4.69, 9.17) is 10.8 Å². The molecule has 0 fully saturated rings. The van der Waals surface area contributed by atoms with Crippen LogP contribution in [0.1, 0.15) is 0 Å². The molecule has 0 radical (unpaired) electrons. The van der Waals surface area contributed by atoms with Gasteiger partial charge >= 0.3 is 0 Å². The summed E-state index contributed by atoms with van der Waals surface area (Å²) in [6.45, 7) is 0. The van der Waals surface area contributed by atoms with E-state index in [0.29, 0.717) is 0 Å². The number of ether oxygens (including phenoxy) is 1.